The third-order valence-electron chi connectivity index (χ3n) is 4.05. The molecule has 0 amide bonds. The minimum atomic E-state index is -4.16. The Kier molecular flexibility index (Phi) is 3.86. The lowest BCUT2D eigenvalue weighted by Gasteiger charge is -2.40. The first kappa shape index (κ1) is 13.7. The van der Waals surface area contributed by atoms with Gasteiger partial charge in [0.2, 0.25) is 0 Å². The minimum Gasteiger partial charge on any atom is -0.288 e. The van der Waals surface area contributed by atoms with Crippen LogP contribution in [0.1, 0.15) is 39.0 Å². The van der Waals surface area contributed by atoms with Gasteiger partial charge in [-0.2, -0.15) is 18.4 Å². The summed E-state index contributed by atoms with van der Waals surface area (Å²) in [5, 5.41) is 9.14. The van der Waals surface area contributed by atoms with Crippen molar-refractivity contribution in [2.24, 2.45) is 11.8 Å². The average Bonchev–Trinajstić information content (AvgIpc) is 3.08. The zero-order chi connectivity index (χ0) is 13.3. The fourth-order valence-corrected chi connectivity index (χ4v) is 3.00. The molecule has 0 aromatic carbocycles. The summed E-state index contributed by atoms with van der Waals surface area (Å²) in [6.07, 6.45) is -0.0467. The van der Waals surface area contributed by atoms with Crippen LogP contribution in [0.3, 0.4) is 0 Å². The lowest BCUT2D eigenvalue weighted by molar-refractivity contribution is -0.156. The summed E-state index contributed by atoms with van der Waals surface area (Å²) in [4.78, 5) is 1.56. The molecule has 18 heavy (non-hydrogen) atoms. The molecule has 3 unspecified atom stereocenters. The highest BCUT2D eigenvalue weighted by molar-refractivity contribution is 5.01. The van der Waals surface area contributed by atoms with Crippen molar-refractivity contribution in [3.05, 3.63) is 0 Å². The maximum absolute atomic E-state index is 12.7. The van der Waals surface area contributed by atoms with E-state index < -0.39 is 12.7 Å². The van der Waals surface area contributed by atoms with Gasteiger partial charge < -0.3 is 0 Å². The van der Waals surface area contributed by atoms with Crippen molar-refractivity contribution >= 4 is 0 Å². The molecule has 0 aromatic heterocycles. The van der Waals surface area contributed by atoms with Crippen LogP contribution >= 0.6 is 0 Å². The van der Waals surface area contributed by atoms with Gasteiger partial charge in [0, 0.05) is 12.1 Å². The molecule has 0 N–H and O–H groups in total. The van der Waals surface area contributed by atoms with Crippen LogP contribution in [0.15, 0.2) is 0 Å². The minimum absolute atomic E-state index is 0.0535. The number of halogens is 3. The molecule has 0 spiro atoms. The maximum Gasteiger partial charge on any atom is 0.401 e. The van der Waals surface area contributed by atoms with Gasteiger partial charge in [-0.3, -0.25) is 4.90 Å². The summed E-state index contributed by atoms with van der Waals surface area (Å²) in [6, 6.07) is 2.07. The first-order valence-electron chi connectivity index (χ1n) is 6.63. The van der Waals surface area contributed by atoms with Gasteiger partial charge in [0.25, 0.3) is 0 Å². The summed E-state index contributed by atoms with van der Waals surface area (Å²) in [5.74, 6) is 0.193. The highest BCUT2D eigenvalue weighted by Gasteiger charge is 2.44. The number of nitrogens with zero attached hydrogens (tertiary/aromatic N) is 2. The van der Waals surface area contributed by atoms with Crippen LogP contribution < -0.4 is 0 Å². The monoisotopic (exact) mass is 260 g/mol. The van der Waals surface area contributed by atoms with Crippen molar-refractivity contribution in [2.45, 2.75) is 57.3 Å². The second kappa shape index (κ2) is 5.08. The number of hydrogen-bond acceptors (Lipinski definition) is 2. The number of hydrogen-bond donors (Lipinski definition) is 0. The van der Waals surface area contributed by atoms with Crippen LogP contribution in [0.25, 0.3) is 0 Å². The van der Waals surface area contributed by atoms with Crippen LogP contribution in [0.5, 0.6) is 0 Å². The third-order valence-corrected chi connectivity index (χ3v) is 4.05. The molecule has 2 fully saturated rings. The number of rotatable bonds is 3. The molecule has 102 valence electrons. The summed E-state index contributed by atoms with van der Waals surface area (Å²) in [5.41, 5.74) is 0. The summed E-state index contributed by atoms with van der Waals surface area (Å²) >= 11 is 0. The van der Waals surface area contributed by atoms with Gasteiger partial charge in [-0.1, -0.05) is 6.92 Å². The molecule has 3 atom stereocenters. The fraction of sp³-hybridized carbons (Fsp3) is 0.923. The van der Waals surface area contributed by atoms with Crippen molar-refractivity contribution in [3.8, 4) is 6.07 Å². The van der Waals surface area contributed by atoms with Crippen molar-refractivity contribution in [1.29, 1.82) is 5.26 Å². The van der Waals surface area contributed by atoms with E-state index in [2.05, 4.69) is 13.0 Å². The molecule has 2 rings (SSSR count). The molecular formula is C13H19F3N2. The van der Waals surface area contributed by atoms with E-state index in [1.54, 1.807) is 4.90 Å². The Morgan fingerprint density at radius 3 is 2.39 bits per heavy atom. The normalized spacial score (nSPS) is 33.4. The van der Waals surface area contributed by atoms with Crippen LogP contribution in [0.4, 0.5) is 13.2 Å². The van der Waals surface area contributed by atoms with Gasteiger partial charge in [-0.25, -0.2) is 0 Å². The predicted molar refractivity (Wildman–Crippen MR) is 61.7 cm³/mol. The number of nitriles is 1. The standard InChI is InChI=1S/C13H19F3N2/c1-9-2-3-10(7-17)12(6-9)18(11-4-5-11)8-13(14,15)16/h9-12H,2-6,8H2,1H3. The molecule has 0 saturated heterocycles. The first-order chi connectivity index (χ1) is 8.40. The molecule has 2 aliphatic rings. The van der Waals surface area contributed by atoms with E-state index in [1.807, 2.05) is 0 Å². The third kappa shape index (κ3) is 3.38. The first-order valence-corrected chi connectivity index (χ1v) is 6.63. The van der Waals surface area contributed by atoms with Gasteiger partial charge >= 0.3 is 6.18 Å². The second-order valence-electron chi connectivity index (χ2n) is 5.74. The smallest absolute Gasteiger partial charge is 0.288 e. The Morgan fingerprint density at radius 1 is 1.22 bits per heavy atom. The van der Waals surface area contributed by atoms with Gasteiger partial charge in [-0.15, -0.1) is 0 Å². The highest BCUT2D eigenvalue weighted by atomic mass is 19.4. The van der Waals surface area contributed by atoms with Crippen LogP contribution in [-0.2, 0) is 0 Å². The summed E-state index contributed by atoms with van der Waals surface area (Å²) < 4.78 is 38.0. The zero-order valence-electron chi connectivity index (χ0n) is 10.6. The molecule has 0 aliphatic heterocycles. The average molecular weight is 260 g/mol. The van der Waals surface area contributed by atoms with Crippen LogP contribution in [0.2, 0.25) is 0 Å². The molecule has 0 radical (unpaired) electrons. The van der Waals surface area contributed by atoms with E-state index in [0.717, 1.165) is 32.1 Å². The van der Waals surface area contributed by atoms with Crippen LogP contribution in [-0.4, -0.2) is 29.7 Å². The Labute approximate surface area is 106 Å². The van der Waals surface area contributed by atoms with Crippen molar-refractivity contribution in [2.75, 3.05) is 6.54 Å². The Hall–Kier alpha value is -0.760. The van der Waals surface area contributed by atoms with Gasteiger partial charge in [-0.05, 0) is 38.0 Å². The lowest BCUT2D eigenvalue weighted by Crippen LogP contribution is -2.48. The largest absolute Gasteiger partial charge is 0.401 e. The molecule has 0 aromatic rings. The van der Waals surface area contributed by atoms with Gasteiger partial charge in [0.1, 0.15) is 0 Å². The molecule has 5 heteroatoms. The van der Waals surface area contributed by atoms with Crippen LogP contribution in [0, 0.1) is 23.2 Å². The topological polar surface area (TPSA) is 27.0 Å². The second-order valence-corrected chi connectivity index (χ2v) is 5.74. The SMILES string of the molecule is CC1CCC(C#N)C(N(CC(F)(F)F)C2CC2)C1. The van der Waals surface area contributed by atoms with Crippen molar-refractivity contribution < 1.29 is 13.2 Å². The van der Waals surface area contributed by atoms with E-state index in [4.69, 9.17) is 5.26 Å². The molecule has 2 nitrogen and oxygen atoms in total. The molecule has 0 heterocycles. The van der Waals surface area contributed by atoms with E-state index in [-0.39, 0.29) is 18.0 Å². The highest BCUT2D eigenvalue weighted by Crippen LogP contribution is 2.39. The van der Waals surface area contributed by atoms with Gasteiger partial charge in [0.05, 0.1) is 18.5 Å². The quantitative estimate of drug-likeness (QED) is 0.778. The molecular weight excluding hydrogens is 241 g/mol. The van der Waals surface area contributed by atoms with Crippen molar-refractivity contribution in [1.82, 2.24) is 4.90 Å². The summed E-state index contributed by atoms with van der Waals surface area (Å²) in [6.45, 7) is 1.21. The van der Waals surface area contributed by atoms with Gasteiger partial charge in [0.15, 0.2) is 0 Å². The maximum atomic E-state index is 12.7. The Morgan fingerprint density at radius 2 is 1.89 bits per heavy atom. The summed E-state index contributed by atoms with van der Waals surface area (Å²) in [7, 11) is 0. The van der Waals surface area contributed by atoms with Crippen molar-refractivity contribution in [3.63, 3.8) is 0 Å². The Balaban J connectivity index is 2.10. The fourth-order valence-electron chi connectivity index (χ4n) is 3.00. The lowest BCUT2D eigenvalue weighted by atomic mass is 9.79. The van der Waals surface area contributed by atoms with E-state index in [9.17, 15) is 13.2 Å². The number of alkyl halides is 3. The molecule has 2 aliphatic carbocycles. The Bertz CT molecular complexity index is 330. The van der Waals surface area contributed by atoms with E-state index in [0.29, 0.717) is 5.92 Å². The molecule has 0 bridgehead atoms. The molecule has 2 saturated carbocycles. The van der Waals surface area contributed by atoms with E-state index >= 15 is 0 Å². The predicted octanol–water partition coefficient (Wildman–Crippen LogP) is 3.34. The van der Waals surface area contributed by atoms with E-state index in [1.165, 1.54) is 0 Å². The zero-order valence-corrected chi connectivity index (χ0v) is 10.6.